The fraction of sp³-hybridized carbons (Fsp3) is 0.0556. The van der Waals surface area contributed by atoms with Crippen LogP contribution in [0.3, 0.4) is 0 Å². The Kier molecular flexibility index (Phi) is 7.35. The summed E-state index contributed by atoms with van der Waals surface area (Å²) in [6, 6.07) is 18.9. The predicted molar refractivity (Wildman–Crippen MR) is 178 cm³/mol. The van der Waals surface area contributed by atoms with Gasteiger partial charge in [0.1, 0.15) is 28.7 Å². The number of nitrogens with one attached hydrogen (secondary N) is 1. The van der Waals surface area contributed by atoms with E-state index in [1.807, 2.05) is 94.7 Å². The lowest BCUT2D eigenvalue weighted by atomic mass is 10.0. The summed E-state index contributed by atoms with van der Waals surface area (Å²) in [5.74, 6) is 2.65. The van der Waals surface area contributed by atoms with Gasteiger partial charge in [-0.1, -0.05) is 36.4 Å². The Bertz CT molecular complexity index is 2230. The maximum atomic E-state index is 12.1. The van der Waals surface area contributed by atoms with E-state index in [0.717, 1.165) is 44.6 Å². The van der Waals surface area contributed by atoms with Crippen molar-refractivity contribution in [1.82, 2.24) is 14.3 Å². The molecule has 10 nitrogen and oxygen atoms in total. The molecule has 4 aromatic rings. The number of rotatable bonds is 6. The van der Waals surface area contributed by atoms with Crippen molar-refractivity contribution in [2.45, 2.75) is 0 Å². The van der Waals surface area contributed by atoms with Crippen molar-refractivity contribution in [2.75, 3.05) is 19.5 Å². The van der Waals surface area contributed by atoms with Gasteiger partial charge in [-0.2, -0.15) is 0 Å². The molecule has 46 heavy (non-hydrogen) atoms. The Hall–Kier alpha value is -6.42. The first-order valence-electron chi connectivity index (χ1n) is 14.4. The van der Waals surface area contributed by atoms with Crippen LogP contribution in [0.15, 0.2) is 137 Å². The number of carbonyl (C=O) groups excluding carboxylic acids is 1. The van der Waals surface area contributed by atoms with Crippen molar-refractivity contribution in [3.63, 3.8) is 0 Å². The molecular weight excluding hydrogens is 580 g/mol. The molecule has 0 radical (unpaired) electrons. The largest absolute Gasteiger partial charge is 0.504 e. The first kappa shape index (κ1) is 28.4. The summed E-state index contributed by atoms with van der Waals surface area (Å²) in [4.78, 5) is 28.5. The molecule has 2 N–H and O–H groups in total. The molecule has 0 bridgehead atoms. The topological polar surface area (TPSA) is 113 Å². The fourth-order valence-corrected chi connectivity index (χ4v) is 5.24. The van der Waals surface area contributed by atoms with Gasteiger partial charge in [0.15, 0.2) is 23.1 Å². The summed E-state index contributed by atoms with van der Waals surface area (Å²) in [6.45, 7) is 0. The second-order valence-corrected chi connectivity index (χ2v) is 10.4. The van der Waals surface area contributed by atoms with Crippen molar-refractivity contribution in [3.8, 4) is 22.8 Å². The molecule has 0 unspecified atom stereocenters. The zero-order chi connectivity index (χ0) is 31.6. The van der Waals surface area contributed by atoms with Gasteiger partial charge in [-0.15, -0.1) is 0 Å². The van der Waals surface area contributed by atoms with Crippen LogP contribution >= 0.6 is 0 Å². The lowest BCUT2D eigenvalue weighted by Gasteiger charge is -2.16. The Balaban J connectivity index is 1.21. The summed E-state index contributed by atoms with van der Waals surface area (Å²) in [7, 11) is 3.00. The summed E-state index contributed by atoms with van der Waals surface area (Å²) >= 11 is 0. The average Bonchev–Trinajstić information content (AvgIpc) is 3.66. The molecule has 0 saturated carbocycles. The van der Waals surface area contributed by atoms with E-state index < -0.39 is 0 Å². The molecule has 2 aromatic carbocycles. The van der Waals surface area contributed by atoms with Crippen molar-refractivity contribution in [1.29, 1.82) is 0 Å². The monoisotopic (exact) mass is 608 g/mol. The Morgan fingerprint density at radius 2 is 1.80 bits per heavy atom. The molecule has 0 amide bonds. The normalized spacial score (nSPS) is 17.7. The summed E-state index contributed by atoms with van der Waals surface area (Å²) in [5.41, 5.74) is 3.68. The average molecular weight is 609 g/mol. The minimum Gasteiger partial charge on any atom is -0.504 e. The van der Waals surface area contributed by atoms with E-state index in [2.05, 4.69) is 5.32 Å². The number of aliphatic imine (C=N–C) groups is 2. The number of aromatic nitrogens is 2. The highest BCUT2D eigenvalue weighted by Crippen LogP contribution is 2.35. The number of allylic oxidation sites excluding steroid dienone is 6. The van der Waals surface area contributed by atoms with Crippen LogP contribution in [-0.2, 0) is 9.53 Å². The number of phenols is 1. The quantitative estimate of drug-likeness (QED) is 0.333. The van der Waals surface area contributed by atoms with Gasteiger partial charge < -0.3 is 19.9 Å². The molecule has 0 atom stereocenters. The molecule has 10 heteroatoms. The highest BCUT2D eigenvalue weighted by molar-refractivity contribution is 6.21. The Morgan fingerprint density at radius 3 is 2.63 bits per heavy atom. The SMILES string of the molecule is COC1=C/C(=C2/N=C3C=CC=CN3C2=NC=c2ccc(=CNc3c(-c4ccc(O)c(OC)c4)nc4ccccn34)cc2)C=CC1=O. The van der Waals surface area contributed by atoms with E-state index in [9.17, 15) is 9.90 Å². The standard InChI is InChI=1S/C36H28N6O4/c1-45-29-19-25(13-15-27(29)43)33-35(41-17-5-3-7-31(41)39-33)37-21-23-9-11-24(12-10-23)22-38-36-34(40-32-8-4-6-18-42(32)36)26-14-16-28(44)30(20-26)46-2/h3-22,37,43H,1-2H3/b23-21?,24-22?,34-26+,38-36?. The van der Waals surface area contributed by atoms with E-state index in [4.69, 9.17) is 24.4 Å². The molecule has 2 aromatic heterocycles. The second kappa shape index (κ2) is 11.9. The van der Waals surface area contributed by atoms with Crippen LogP contribution in [-0.4, -0.2) is 51.1 Å². The predicted octanol–water partition coefficient (Wildman–Crippen LogP) is 4.42. The van der Waals surface area contributed by atoms with Crippen molar-refractivity contribution in [3.05, 3.63) is 137 Å². The summed E-state index contributed by atoms with van der Waals surface area (Å²) < 4.78 is 12.6. The van der Waals surface area contributed by atoms with E-state index in [-0.39, 0.29) is 17.3 Å². The smallest absolute Gasteiger partial charge is 0.220 e. The lowest BCUT2D eigenvalue weighted by Crippen LogP contribution is -2.27. The highest BCUT2D eigenvalue weighted by Gasteiger charge is 2.29. The number of benzene rings is 2. The second-order valence-electron chi connectivity index (χ2n) is 10.4. The van der Waals surface area contributed by atoms with Crippen LogP contribution in [0.2, 0.25) is 0 Å². The van der Waals surface area contributed by atoms with Gasteiger partial charge >= 0.3 is 0 Å². The Labute approximate surface area is 264 Å². The van der Waals surface area contributed by atoms with Gasteiger partial charge in [-0.05, 0) is 71.1 Å². The van der Waals surface area contributed by atoms with E-state index in [1.54, 1.807) is 30.5 Å². The number of fused-ring (bicyclic) bond motifs is 2. The van der Waals surface area contributed by atoms with Gasteiger partial charge in [-0.25, -0.2) is 15.0 Å². The third-order valence-corrected chi connectivity index (χ3v) is 7.57. The van der Waals surface area contributed by atoms with Crippen molar-refractivity contribution in [2.24, 2.45) is 9.98 Å². The van der Waals surface area contributed by atoms with Crippen LogP contribution < -0.4 is 20.5 Å². The minimum atomic E-state index is -0.190. The molecule has 226 valence electrons. The molecule has 2 aliphatic heterocycles. The van der Waals surface area contributed by atoms with Crippen molar-refractivity contribution >= 4 is 41.3 Å². The van der Waals surface area contributed by atoms with Gasteiger partial charge in [0.2, 0.25) is 5.78 Å². The number of methoxy groups -OCH3 is 2. The number of aromatic hydroxyl groups is 1. The van der Waals surface area contributed by atoms with Crippen molar-refractivity contribution < 1.29 is 19.4 Å². The van der Waals surface area contributed by atoms with E-state index in [0.29, 0.717) is 17.3 Å². The first-order valence-corrected chi connectivity index (χ1v) is 14.4. The number of carbonyl (C=O) groups is 1. The number of hydrogen-bond donors (Lipinski definition) is 2. The number of ether oxygens (including phenoxy) is 2. The number of anilines is 1. The molecular formula is C36H28N6O4. The summed E-state index contributed by atoms with van der Waals surface area (Å²) in [6.07, 6.45) is 18.2. The minimum absolute atomic E-state index is 0.0653. The van der Waals surface area contributed by atoms with Crippen LogP contribution in [0, 0.1) is 0 Å². The summed E-state index contributed by atoms with van der Waals surface area (Å²) in [5, 5.41) is 15.4. The lowest BCUT2D eigenvalue weighted by molar-refractivity contribution is -0.114. The number of pyridine rings is 1. The van der Waals surface area contributed by atoms with Gasteiger partial charge in [0, 0.05) is 35.9 Å². The molecule has 1 aliphatic carbocycles. The maximum absolute atomic E-state index is 12.1. The van der Waals surface area contributed by atoms with Gasteiger partial charge in [0.25, 0.3) is 0 Å². The molecule has 0 spiro atoms. The van der Waals surface area contributed by atoms with Crippen LogP contribution in [0.5, 0.6) is 11.5 Å². The fourth-order valence-electron chi connectivity index (χ4n) is 5.24. The molecule has 3 aliphatic rings. The molecule has 4 heterocycles. The molecule has 0 fully saturated rings. The first-order chi connectivity index (χ1) is 22.5. The number of amidine groups is 2. The zero-order valence-corrected chi connectivity index (χ0v) is 25.0. The highest BCUT2D eigenvalue weighted by atomic mass is 16.5. The number of nitrogens with zero attached hydrogens (tertiary/aromatic N) is 5. The third-order valence-electron chi connectivity index (χ3n) is 7.57. The van der Waals surface area contributed by atoms with E-state index >= 15 is 0 Å². The molecule has 0 saturated heterocycles. The van der Waals surface area contributed by atoms with Crippen LogP contribution in [0.25, 0.3) is 29.3 Å². The van der Waals surface area contributed by atoms with Crippen LogP contribution in [0.4, 0.5) is 5.82 Å². The number of ketones is 1. The number of hydrogen-bond acceptors (Lipinski definition) is 8. The van der Waals surface area contributed by atoms with Gasteiger partial charge in [0.05, 0.1) is 14.2 Å². The molecule has 7 rings (SSSR count). The number of phenolic OH excluding ortho intramolecular Hbond substituents is 1. The third kappa shape index (κ3) is 5.28. The number of imidazole rings is 1. The van der Waals surface area contributed by atoms with Gasteiger partial charge in [-0.3, -0.25) is 14.1 Å². The Morgan fingerprint density at radius 1 is 0.957 bits per heavy atom. The van der Waals surface area contributed by atoms with Crippen LogP contribution in [0.1, 0.15) is 0 Å². The zero-order valence-electron chi connectivity index (χ0n) is 25.0. The maximum Gasteiger partial charge on any atom is 0.220 e. The van der Waals surface area contributed by atoms with E-state index in [1.165, 1.54) is 20.3 Å².